The summed E-state index contributed by atoms with van der Waals surface area (Å²) in [5.41, 5.74) is 1.66. The smallest absolute Gasteiger partial charge is 0.221 e. The first-order valence-electron chi connectivity index (χ1n) is 10.5. The topological polar surface area (TPSA) is 78.0 Å². The number of rotatable bonds is 11. The van der Waals surface area contributed by atoms with Gasteiger partial charge in [-0.25, -0.2) is 4.99 Å². The highest BCUT2D eigenvalue weighted by molar-refractivity contribution is 14.0. The van der Waals surface area contributed by atoms with E-state index in [0.717, 1.165) is 37.6 Å². The first-order chi connectivity index (χ1) is 13.8. The van der Waals surface area contributed by atoms with Crippen molar-refractivity contribution in [1.29, 1.82) is 0 Å². The van der Waals surface area contributed by atoms with Crippen LogP contribution >= 0.6 is 24.0 Å². The number of methoxy groups -OCH3 is 1. The predicted octanol–water partition coefficient (Wildman–Crippen LogP) is 3.84. The summed E-state index contributed by atoms with van der Waals surface area (Å²) in [6, 6.07) is 6.80. The summed E-state index contributed by atoms with van der Waals surface area (Å²) in [5.74, 6) is 1.30. The lowest BCUT2D eigenvalue weighted by atomic mass is 10.2. The molecule has 0 aliphatic rings. The minimum atomic E-state index is -0.129. The maximum absolute atomic E-state index is 11.4. The zero-order chi connectivity index (χ0) is 21.8. The van der Waals surface area contributed by atoms with Crippen LogP contribution in [0, 0.1) is 0 Å². The Morgan fingerprint density at radius 2 is 1.83 bits per heavy atom. The highest BCUT2D eigenvalue weighted by Crippen LogP contribution is 2.25. The van der Waals surface area contributed by atoms with E-state index in [0.29, 0.717) is 30.1 Å². The number of hydrogen-bond donors (Lipinski definition) is 3. The molecule has 0 bridgehead atoms. The summed E-state index contributed by atoms with van der Waals surface area (Å²) < 4.78 is 5.30. The molecule has 1 amide bonds. The van der Waals surface area contributed by atoms with Gasteiger partial charge in [-0.3, -0.25) is 9.69 Å². The molecule has 1 aromatic rings. The molecule has 0 saturated carbocycles. The highest BCUT2D eigenvalue weighted by Gasteiger charge is 2.12. The number of nitrogens with one attached hydrogen (secondary N) is 3. The van der Waals surface area contributed by atoms with Gasteiger partial charge >= 0.3 is 0 Å². The van der Waals surface area contributed by atoms with Crippen molar-refractivity contribution in [3.63, 3.8) is 0 Å². The molecule has 0 atom stereocenters. The molecule has 0 aliphatic heterocycles. The molecule has 30 heavy (non-hydrogen) atoms. The average Bonchev–Trinajstić information content (AvgIpc) is 2.64. The van der Waals surface area contributed by atoms with Crippen LogP contribution in [0.4, 0.5) is 5.69 Å². The molecule has 3 N–H and O–H groups in total. The number of carbonyl (C=O) groups is 1. The molecule has 172 valence electrons. The quantitative estimate of drug-likeness (QED) is 0.175. The molecule has 1 aromatic carbocycles. The largest absolute Gasteiger partial charge is 0.495 e. The van der Waals surface area contributed by atoms with E-state index in [1.165, 1.54) is 6.92 Å². The maximum Gasteiger partial charge on any atom is 0.221 e. The van der Waals surface area contributed by atoms with Crippen LogP contribution in [0.3, 0.4) is 0 Å². The molecule has 0 fully saturated rings. The molecule has 0 heterocycles. The fraction of sp³-hybridized carbons (Fsp3) is 0.636. The van der Waals surface area contributed by atoms with Gasteiger partial charge < -0.3 is 20.7 Å². The Kier molecular flexibility index (Phi) is 14.5. The first kappa shape index (κ1) is 28.5. The lowest BCUT2D eigenvalue weighted by molar-refractivity contribution is -0.114. The fourth-order valence-electron chi connectivity index (χ4n) is 3.23. The lowest BCUT2D eigenvalue weighted by Gasteiger charge is -2.30. The van der Waals surface area contributed by atoms with Gasteiger partial charge in [0.05, 0.1) is 19.3 Å². The van der Waals surface area contributed by atoms with Gasteiger partial charge in [-0.15, -0.1) is 24.0 Å². The Hall–Kier alpha value is -1.55. The maximum atomic E-state index is 11.4. The number of carbonyl (C=O) groups excluding carboxylic acids is 1. The van der Waals surface area contributed by atoms with E-state index in [9.17, 15) is 4.79 Å². The molecule has 8 heteroatoms. The SMILES string of the molecule is CCNC(=NCc1ccc(OC)c(NC(C)=O)c1)NCCCN(C(C)C)C(C)C.I. The van der Waals surface area contributed by atoms with Crippen LogP contribution in [0.25, 0.3) is 0 Å². The van der Waals surface area contributed by atoms with E-state index in [1.807, 2.05) is 18.2 Å². The van der Waals surface area contributed by atoms with E-state index < -0.39 is 0 Å². The van der Waals surface area contributed by atoms with Crippen LogP contribution < -0.4 is 20.7 Å². The number of ether oxygens (including phenoxy) is 1. The molecule has 0 radical (unpaired) electrons. The molecule has 0 aromatic heterocycles. The van der Waals surface area contributed by atoms with Crippen molar-refractivity contribution in [3.05, 3.63) is 23.8 Å². The third kappa shape index (κ3) is 10.5. The summed E-state index contributed by atoms with van der Waals surface area (Å²) in [4.78, 5) is 18.6. The zero-order valence-electron chi connectivity index (χ0n) is 19.5. The molecule has 0 unspecified atom stereocenters. The standard InChI is InChI=1S/C22H39N5O2.HI/c1-8-23-22(24-12-9-13-27(16(2)3)17(4)5)25-15-19-10-11-21(29-7)20(14-19)26-18(6)28;/h10-11,14,16-17H,8-9,12-13,15H2,1-7H3,(H,26,28)(H2,23,24,25);1H. The zero-order valence-corrected chi connectivity index (χ0v) is 21.9. The van der Waals surface area contributed by atoms with E-state index in [1.54, 1.807) is 7.11 Å². The van der Waals surface area contributed by atoms with E-state index in [4.69, 9.17) is 4.74 Å². The number of halogens is 1. The summed E-state index contributed by atoms with van der Waals surface area (Å²) in [5, 5.41) is 9.50. The highest BCUT2D eigenvalue weighted by atomic mass is 127. The van der Waals surface area contributed by atoms with Gasteiger partial charge in [0.1, 0.15) is 5.75 Å². The second kappa shape index (κ2) is 15.3. The molecular formula is C22H40IN5O2. The molecule has 0 aliphatic carbocycles. The van der Waals surface area contributed by atoms with Crippen molar-refractivity contribution >= 4 is 41.5 Å². The second-order valence-corrected chi connectivity index (χ2v) is 7.62. The van der Waals surface area contributed by atoms with Gasteiger partial charge in [0, 0.05) is 38.6 Å². The van der Waals surface area contributed by atoms with Gasteiger partial charge in [-0.2, -0.15) is 0 Å². The lowest BCUT2D eigenvalue weighted by Crippen LogP contribution is -2.41. The number of guanidine groups is 1. The van der Waals surface area contributed by atoms with Crippen molar-refractivity contribution < 1.29 is 9.53 Å². The fourth-order valence-corrected chi connectivity index (χ4v) is 3.23. The van der Waals surface area contributed by atoms with E-state index in [2.05, 4.69) is 60.5 Å². The van der Waals surface area contributed by atoms with E-state index >= 15 is 0 Å². The number of anilines is 1. The Morgan fingerprint density at radius 3 is 2.37 bits per heavy atom. The van der Waals surface area contributed by atoms with Gasteiger partial charge in [0.15, 0.2) is 5.96 Å². The predicted molar refractivity (Wildman–Crippen MR) is 137 cm³/mol. The van der Waals surface area contributed by atoms with E-state index in [-0.39, 0.29) is 29.9 Å². The monoisotopic (exact) mass is 533 g/mol. The second-order valence-electron chi connectivity index (χ2n) is 7.62. The van der Waals surface area contributed by atoms with Gasteiger partial charge in [-0.1, -0.05) is 6.07 Å². The Labute approximate surface area is 199 Å². The van der Waals surface area contributed by atoms with Crippen molar-refractivity contribution in [3.8, 4) is 5.75 Å². The Bertz CT molecular complexity index is 657. The number of amides is 1. The average molecular weight is 533 g/mol. The number of aliphatic imine (C=N–C) groups is 1. The summed E-state index contributed by atoms with van der Waals surface area (Å²) in [6.45, 7) is 15.7. The minimum Gasteiger partial charge on any atom is -0.495 e. The summed E-state index contributed by atoms with van der Waals surface area (Å²) in [6.07, 6.45) is 1.05. The van der Waals surface area contributed by atoms with Crippen molar-refractivity contribution in [2.75, 3.05) is 32.1 Å². The molecule has 0 spiro atoms. The van der Waals surface area contributed by atoms with Crippen LogP contribution in [0.5, 0.6) is 5.75 Å². The van der Waals surface area contributed by atoms with Gasteiger partial charge in [0.25, 0.3) is 0 Å². The normalized spacial score (nSPS) is 11.5. The van der Waals surface area contributed by atoms with Crippen LogP contribution in [0.1, 0.15) is 53.5 Å². The molecule has 0 saturated heterocycles. The van der Waals surface area contributed by atoms with Crippen LogP contribution in [0.2, 0.25) is 0 Å². The van der Waals surface area contributed by atoms with Crippen molar-refractivity contribution in [2.45, 2.75) is 66.6 Å². The van der Waals surface area contributed by atoms with Crippen molar-refractivity contribution in [1.82, 2.24) is 15.5 Å². The number of hydrogen-bond acceptors (Lipinski definition) is 4. The molecule has 7 nitrogen and oxygen atoms in total. The summed E-state index contributed by atoms with van der Waals surface area (Å²) in [7, 11) is 1.59. The van der Waals surface area contributed by atoms with Crippen LogP contribution in [-0.2, 0) is 11.3 Å². The molecular weight excluding hydrogens is 493 g/mol. The minimum absolute atomic E-state index is 0. The van der Waals surface area contributed by atoms with Gasteiger partial charge in [0.2, 0.25) is 5.91 Å². The third-order valence-electron chi connectivity index (χ3n) is 4.55. The number of benzene rings is 1. The van der Waals surface area contributed by atoms with Gasteiger partial charge in [-0.05, 0) is 58.7 Å². The Morgan fingerprint density at radius 1 is 1.17 bits per heavy atom. The Balaban J connectivity index is 0.00000841. The van der Waals surface area contributed by atoms with Crippen molar-refractivity contribution in [2.24, 2.45) is 4.99 Å². The third-order valence-corrected chi connectivity index (χ3v) is 4.55. The molecule has 1 rings (SSSR count). The summed E-state index contributed by atoms with van der Waals surface area (Å²) >= 11 is 0. The van der Waals surface area contributed by atoms with Crippen LogP contribution in [0.15, 0.2) is 23.2 Å². The van der Waals surface area contributed by atoms with Crippen LogP contribution in [-0.4, -0.2) is 55.6 Å². The first-order valence-corrected chi connectivity index (χ1v) is 10.5. The number of nitrogens with zero attached hydrogens (tertiary/aromatic N) is 2.